The molecule has 0 aliphatic rings. The summed E-state index contributed by atoms with van der Waals surface area (Å²) in [5.74, 6) is 0.0165. The molecule has 0 fully saturated rings. The highest BCUT2D eigenvalue weighted by Gasteiger charge is 2.13. The molecular weight excluding hydrogens is 300 g/mol. The van der Waals surface area contributed by atoms with Crippen molar-refractivity contribution in [2.75, 3.05) is 6.26 Å². The van der Waals surface area contributed by atoms with Crippen LogP contribution in [0.5, 0.6) is 5.75 Å². The Kier molecular flexibility index (Phi) is 4.37. The topological polar surface area (TPSA) is 60.4 Å². The maximum Gasteiger partial charge on any atom is 0.343 e. The molecule has 5 heteroatoms. The molecule has 2 rings (SSSR count). The summed E-state index contributed by atoms with van der Waals surface area (Å²) in [5.41, 5.74) is 3.28. The van der Waals surface area contributed by atoms with Gasteiger partial charge in [0.05, 0.1) is 10.5 Å². The largest absolute Gasteiger partial charge is 0.423 e. The van der Waals surface area contributed by atoms with Gasteiger partial charge < -0.3 is 4.74 Å². The van der Waals surface area contributed by atoms with Crippen LogP contribution in [0.2, 0.25) is 0 Å². The number of hydrogen-bond acceptors (Lipinski definition) is 4. The van der Waals surface area contributed by atoms with Crippen LogP contribution < -0.4 is 4.74 Å². The molecule has 22 heavy (non-hydrogen) atoms. The summed E-state index contributed by atoms with van der Waals surface area (Å²) in [4.78, 5) is 12.4. The van der Waals surface area contributed by atoms with Crippen molar-refractivity contribution in [3.8, 4) is 5.75 Å². The second-order valence-electron chi connectivity index (χ2n) is 5.39. The number of esters is 1. The molecule has 0 spiro atoms. The number of carbonyl (C=O) groups is 1. The van der Waals surface area contributed by atoms with Crippen molar-refractivity contribution < 1.29 is 17.9 Å². The van der Waals surface area contributed by atoms with Crippen LogP contribution in [0.3, 0.4) is 0 Å². The first-order chi connectivity index (χ1) is 10.2. The van der Waals surface area contributed by atoms with Crippen LogP contribution in [0.25, 0.3) is 0 Å². The Hall–Kier alpha value is -2.14. The maximum atomic E-state index is 12.2. The second-order valence-corrected chi connectivity index (χ2v) is 7.41. The Balaban J connectivity index is 2.27. The van der Waals surface area contributed by atoms with Crippen molar-refractivity contribution in [1.29, 1.82) is 0 Å². The van der Waals surface area contributed by atoms with E-state index in [1.165, 1.54) is 24.3 Å². The van der Waals surface area contributed by atoms with E-state index >= 15 is 0 Å². The van der Waals surface area contributed by atoms with Crippen LogP contribution in [0, 0.1) is 20.8 Å². The zero-order chi connectivity index (χ0) is 16.5. The molecule has 0 aliphatic heterocycles. The average Bonchev–Trinajstić information content (AvgIpc) is 2.43. The van der Waals surface area contributed by atoms with Gasteiger partial charge in [-0.2, -0.15) is 0 Å². The minimum atomic E-state index is -3.27. The van der Waals surface area contributed by atoms with Crippen molar-refractivity contribution in [1.82, 2.24) is 0 Å². The SMILES string of the molecule is Cc1cc(C)c(C)c(OC(=O)c2ccc(S(C)(=O)=O)cc2)c1. The molecule has 0 saturated heterocycles. The fourth-order valence-corrected chi connectivity index (χ4v) is 2.73. The average molecular weight is 318 g/mol. The molecule has 2 aromatic carbocycles. The van der Waals surface area contributed by atoms with Gasteiger partial charge in [-0.3, -0.25) is 0 Å². The van der Waals surface area contributed by atoms with E-state index in [1.807, 2.05) is 32.9 Å². The number of benzene rings is 2. The number of hydrogen-bond donors (Lipinski definition) is 0. The summed E-state index contributed by atoms with van der Waals surface area (Å²) in [6.45, 7) is 5.79. The van der Waals surface area contributed by atoms with Crippen molar-refractivity contribution in [2.24, 2.45) is 0 Å². The zero-order valence-corrected chi connectivity index (χ0v) is 13.8. The number of ether oxygens (including phenoxy) is 1. The molecule has 0 bridgehead atoms. The fraction of sp³-hybridized carbons (Fsp3) is 0.235. The normalized spacial score (nSPS) is 11.3. The lowest BCUT2D eigenvalue weighted by atomic mass is 10.1. The number of rotatable bonds is 3. The van der Waals surface area contributed by atoms with E-state index in [0.29, 0.717) is 11.3 Å². The molecule has 0 aliphatic carbocycles. The van der Waals surface area contributed by atoms with Gasteiger partial charge in [-0.25, -0.2) is 13.2 Å². The third kappa shape index (κ3) is 3.54. The van der Waals surface area contributed by atoms with Crippen molar-refractivity contribution >= 4 is 15.8 Å². The molecule has 0 heterocycles. The number of carbonyl (C=O) groups excluding carboxylic acids is 1. The van der Waals surface area contributed by atoms with Crippen LogP contribution >= 0.6 is 0 Å². The van der Waals surface area contributed by atoms with Crippen LogP contribution in [0.15, 0.2) is 41.3 Å². The maximum absolute atomic E-state index is 12.2. The predicted octanol–water partition coefficient (Wildman–Crippen LogP) is 3.23. The van der Waals surface area contributed by atoms with Gasteiger partial charge >= 0.3 is 5.97 Å². The molecule has 0 unspecified atom stereocenters. The molecule has 0 radical (unpaired) electrons. The van der Waals surface area contributed by atoms with E-state index in [0.717, 1.165) is 22.9 Å². The Morgan fingerprint density at radius 2 is 1.59 bits per heavy atom. The molecular formula is C17H18O4S. The fourth-order valence-electron chi connectivity index (χ4n) is 2.10. The summed E-state index contributed by atoms with van der Waals surface area (Å²) >= 11 is 0. The lowest BCUT2D eigenvalue weighted by Crippen LogP contribution is -2.10. The Morgan fingerprint density at radius 1 is 1.00 bits per heavy atom. The first-order valence-electron chi connectivity index (χ1n) is 6.78. The molecule has 116 valence electrons. The van der Waals surface area contributed by atoms with Gasteiger partial charge in [0.15, 0.2) is 9.84 Å². The van der Waals surface area contributed by atoms with Crippen LogP contribution in [-0.4, -0.2) is 20.6 Å². The molecule has 0 amide bonds. The number of aryl methyl sites for hydroxylation is 2. The molecule has 0 saturated carbocycles. The predicted molar refractivity (Wildman–Crippen MR) is 85.2 cm³/mol. The van der Waals surface area contributed by atoms with E-state index in [2.05, 4.69) is 0 Å². The van der Waals surface area contributed by atoms with Gasteiger partial charge in [0.2, 0.25) is 0 Å². The van der Waals surface area contributed by atoms with Crippen molar-refractivity contribution in [2.45, 2.75) is 25.7 Å². The monoisotopic (exact) mass is 318 g/mol. The van der Waals surface area contributed by atoms with Gasteiger partial charge in [0, 0.05) is 6.26 Å². The Morgan fingerprint density at radius 3 is 2.14 bits per heavy atom. The van der Waals surface area contributed by atoms with Crippen LogP contribution in [-0.2, 0) is 9.84 Å². The van der Waals surface area contributed by atoms with Gasteiger partial charge in [0.25, 0.3) is 0 Å². The van der Waals surface area contributed by atoms with E-state index in [-0.39, 0.29) is 4.90 Å². The highest BCUT2D eigenvalue weighted by atomic mass is 32.2. The highest BCUT2D eigenvalue weighted by molar-refractivity contribution is 7.90. The van der Waals surface area contributed by atoms with Crippen molar-refractivity contribution in [3.63, 3.8) is 0 Å². The van der Waals surface area contributed by atoms with Gasteiger partial charge in [-0.15, -0.1) is 0 Å². The second kappa shape index (κ2) is 5.93. The summed E-state index contributed by atoms with van der Waals surface area (Å²) in [5, 5.41) is 0. The zero-order valence-electron chi connectivity index (χ0n) is 13.0. The summed E-state index contributed by atoms with van der Waals surface area (Å²) < 4.78 is 28.2. The van der Waals surface area contributed by atoms with E-state index in [4.69, 9.17) is 4.74 Å². The molecule has 0 N–H and O–H groups in total. The van der Waals surface area contributed by atoms with E-state index in [1.54, 1.807) is 0 Å². The smallest absolute Gasteiger partial charge is 0.343 e. The Bertz CT molecular complexity index is 818. The molecule has 0 atom stereocenters. The van der Waals surface area contributed by atoms with Crippen molar-refractivity contribution in [3.05, 3.63) is 58.7 Å². The van der Waals surface area contributed by atoms with Crippen LogP contribution in [0.1, 0.15) is 27.0 Å². The molecule has 0 aromatic heterocycles. The molecule has 2 aromatic rings. The third-order valence-corrected chi connectivity index (χ3v) is 4.61. The summed E-state index contributed by atoms with van der Waals surface area (Å²) in [6.07, 6.45) is 1.12. The van der Waals surface area contributed by atoms with Gasteiger partial charge in [-0.1, -0.05) is 6.07 Å². The van der Waals surface area contributed by atoms with E-state index < -0.39 is 15.8 Å². The number of sulfone groups is 1. The van der Waals surface area contributed by atoms with Crippen LogP contribution in [0.4, 0.5) is 0 Å². The Labute approximate surface area is 130 Å². The first-order valence-corrected chi connectivity index (χ1v) is 8.68. The molecule has 4 nitrogen and oxygen atoms in total. The third-order valence-electron chi connectivity index (χ3n) is 3.48. The van der Waals surface area contributed by atoms with E-state index in [9.17, 15) is 13.2 Å². The highest BCUT2D eigenvalue weighted by Crippen LogP contribution is 2.24. The minimum Gasteiger partial charge on any atom is -0.423 e. The lowest BCUT2D eigenvalue weighted by molar-refractivity contribution is 0.0733. The first kappa shape index (κ1) is 16.2. The standard InChI is InChI=1S/C17H18O4S/c1-11-9-12(2)13(3)16(10-11)21-17(18)14-5-7-15(8-6-14)22(4,19)20/h5-10H,1-4H3. The van der Waals surface area contributed by atoms with Gasteiger partial charge in [0.1, 0.15) is 5.75 Å². The van der Waals surface area contributed by atoms with Gasteiger partial charge in [-0.05, 0) is 67.8 Å². The lowest BCUT2D eigenvalue weighted by Gasteiger charge is -2.11. The summed E-state index contributed by atoms with van der Waals surface area (Å²) in [6, 6.07) is 9.55. The quantitative estimate of drug-likeness (QED) is 0.644. The minimum absolute atomic E-state index is 0.173. The summed E-state index contributed by atoms with van der Waals surface area (Å²) in [7, 11) is -3.27.